The number of hydrogen-bond donors (Lipinski definition) is 0. The van der Waals surface area contributed by atoms with E-state index in [1.807, 2.05) is 29.6 Å². The van der Waals surface area contributed by atoms with Gasteiger partial charge in [-0.05, 0) is 31.5 Å². The summed E-state index contributed by atoms with van der Waals surface area (Å²) in [5.74, 6) is 0. The van der Waals surface area contributed by atoms with Crippen LogP contribution < -0.4 is 5.63 Å². The number of benzene rings is 2. The first-order valence-electron chi connectivity index (χ1n) is 7.68. The normalized spacial score (nSPS) is 11.1. The minimum atomic E-state index is -0.352. The van der Waals surface area contributed by atoms with Crippen LogP contribution in [0, 0.1) is 13.8 Å². The Hall–Kier alpha value is -2.72. The lowest BCUT2D eigenvalue weighted by atomic mass is 10.0. The van der Waals surface area contributed by atoms with Crippen LogP contribution in [0.1, 0.15) is 11.1 Å². The summed E-state index contributed by atoms with van der Waals surface area (Å²) < 4.78 is 5.41. The summed E-state index contributed by atoms with van der Waals surface area (Å²) in [6, 6.07) is 15.6. The molecule has 2 aromatic carbocycles. The number of fused-ring (bicyclic) bond motifs is 1. The lowest BCUT2D eigenvalue weighted by Gasteiger charge is -2.03. The van der Waals surface area contributed by atoms with Crippen LogP contribution in [0.15, 0.2) is 63.1 Å². The Morgan fingerprint density at radius 1 is 1.00 bits per heavy atom. The van der Waals surface area contributed by atoms with E-state index in [2.05, 4.69) is 37.0 Å². The molecular weight excluding hydrogens is 318 g/mol. The van der Waals surface area contributed by atoms with Gasteiger partial charge in [0.15, 0.2) is 0 Å². The molecular formula is C20H15NO2S. The van der Waals surface area contributed by atoms with Crippen LogP contribution in [0.4, 0.5) is 0 Å². The maximum atomic E-state index is 12.3. The van der Waals surface area contributed by atoms with Gasteiger partial charge in [-0.25, -0.2) is 9.78 Å². The monoisotopic (exact) mass is 333 g/mol. The molecule has 0 aliphatic heterocycles. The summed E-state index contributed by atoms with van der Waals surface area (Å²) in [5.41, 5.74) is 5.13. The van der Waals surface area contributed by atoms with Gasteiger partial charge in [0.2, 0.25) is 0 Å². The molecule has 0 unspecified atom stereocenters. The fourth-order valence-corrected chi connectivity index (χ4v) is 3.66. The third-order valence-corrected chi connectivity index (χ3v) is 4.91. The van der Waals surface area contributed by atoms with Gasteiger partial charge in [-0.1, -0.05) is 42.0 Å². The van der Waals surface area contributed by atoms with Gasteiger partial charge in [-0.2, -0.15) is 0 Å². The maximum Gasteiger partial charge on any atom is 0.346 e. The SMILES string of the molecule is Cc1ccc(-c2csc(-c3cc4ccccc4oc3=O)n2)c(C)c1. The van der Waals surface area contributed by atoms with Gasteiger partial charge in [0, 0.05) is 16.3 Å². The third-order valence-electron chi connectivity index (χ3n) is 4.03. The number of thiazole rings is 1. The molecule has 2 heterocycles. The van der Waals surface area contributed by atoms with Gasteiger partial charge in [-0.3, -0.25) is 0 Å². The van der Waals surface area contributed by atoms with Crippen LogP contribution in [0.2, 0.25) is 0 Å². The van der Waals surface area contributed by atoms with Crippen LogP contribution in [-0.2, 0) is 0 Å². The highest BCUT2D eigenvalue weighted by Crippen LogP contribution is 2.30. The Labute approximate surface area is 143 Å². The van der Waals surface area contributed by atoms with E-state index in [1.54, 1.807) is 6.07 Å². The molecule has 0 amide bonds. The van der Waals surface area contributed by atoms with Crippen LogP contribution in [0.5, 0.6) is 0 Å². The van der Waals surface area contributed by atoms with Gasteiger partial charge in [0.1, 0.15) is 10.6 Å². The Bertz CT molecular complexity index is 1110. The van der Waals surface area contributed by atoms with Gasteiger partial charge >= 0.3 is 5.63 Å². The predicted molar refractivity (Wildman–Crippen MR) is 98.5 cm³/mol. The molecule has 4 rings (SSSR count). The summed E-state index contributed by atoms with van der Waals surface area (Å²) in [7, 11) is 0. The van der Waals surface area contributed by atoms with Crippen molar-refractivity contribution in [2.45, 2.75) is 13.8 Å². The fourth-order valence-electron chi connectivity index (χ4n) is 2.83. The minimum Gasteiger partial charge on any atom is -0.422 e. The molecule has 3 nitrogen and oxygen atoms in total. The molecule has 118 valence electrons. The average Bonchev–Trinajstić information content (AvgIpc) is 3.03. The second-order valence-corrected chi connectivity index (χ2v) is 6.70. The van der Waals surface area contributed by atoms with E-state index in [4.69, 9.17) is 4.42 Å². The van der Waals surface area contributed by atoms with Crippen molar-refractivity contribution >= 4 is 22.3 Å². The molecule has 0 atom stereocenters. The Balaban J connectivity index is 1.83. The van der Waals surface area contributed by atoms with Gasteiger partial charge < -0.3 is 4.42 Å². The first kappa shape index (κ1) is 14.8. The van der Waals surface area contributed by atoms with Gasteiger partial charge in [-0.15, -0.1) is 11.3 Å². The Kier molecular flexibility index (Phi) is 3.54. The Morgan fingerprint density at radius 2 is 1.83 bits per heavy atom. The summed E-state index contributed by atoms with van der Waals surface area (Å²) >= 11 is 1.46. The van der Waals surface area contributed by atoms with E-state index in [0.717, 1.165) is 16.6 Å². The molecule has 4 aromatic rings. The van der Waals surface area contributed by atoms with E-state index in [0.29, 0.717) is 16.2 Å². The molecule has 0 saturated carbocycles. The second-order valence-electron chi connectivity index (χ2n) is 5.84. The number of hydrogen-bond acceptors (Lipinski definition) is 4. The number of nitrogens with zero attached hydrogens (tertiary/aromatic N) is 1. The van der Waals surface area contributed by atoms with Crippen molar-refractivity contribution in [2.75, 3.05) is 0 Å². The van der Waals surface area contributed by atoms with Crippen LogP contribution in [-0.4, -0.2) is 4.98 Å². The van der Waals surface area contributed by atoms with E-state index < -0.39 is 0 Å². The van der Waals surface area contributed by atoms with Crippen molar-refractivity contribution in [2.24, 2.45) is 0 Å². The summed E-state index contributed by atoms with van der Waals surface area (Å²) in [6.07, 6.45) is 0. The zero-order valence-electron chi connectivity index (χ0n) is 13.4. The van der Waals surface area contributed by atoms with E-state index in [-0.39, 0.29) is 5.63 Å². The van der Waals surface area contributed by atoms with Crippen LogP contribution in [0.25, 0.3) is 32.8 Å². The molecule has 0 radical (unpaired) electrons. The smallest absolute Gasteiger partial charge is 0.346 e. The first-order valence-corrected chi connectivity index (χ1v) is 8.56. The predicted octanol–water partition coefficient (Wildman–Crippen LogP) is 5.20. The van der Waals surface area contributed by atoms with E-state index in [1.165, 1.54) is 22.5 Å². The molecule has 0 aliphatic rings. The molecule has 2 aromatic heterocycles. The summed E-state index contributed by atoms with van der Waals surface area (Å²) in [4.78, 5) is 17.0. The number of rotatable bonds is 2. The van der Waals surface area contributed by atoms with Crippen molar-refractivity contribution in [1.82, 2.24) is 4.98 Å². The zero-order valence-corrected chi connectivity index (χ0v) is 14.2. The van der Waals surface area contributed by atoms with Crippen molar-refractivity contribution in [3.63, 3.8) is 0 Å². The van der Waals surface area contributed by atoms with Crippen molar-refractivity contribution in [3.05, 3.63) is 75.5 Å². The highest BCUT2D eigenvalue weighted by Gasteiger charge is 2.13. The molecule has 24 heavy (non-hydrogen) atoms. The second kappa shape index (κ2) is 5.73. The number of aromatic nitrogens is 1. The molecule has 0 bridgehead atoms. The van der Waals surface area contributed by atoms with Crippen molar-refractivity contribution < 1.29 is 4.42 Å². The molecule has 0 spiro atoms. The molecule has 0 N–H and O–H groups in total. The number of aryl methyl sites for hydroxylation is 2. The quantitative estimate of drug-likeness (QED) is 0.474. The van der Waals surface area contributed by atoms with Crippen LogP contribution >= 0.6 is 11.3 Å². The highest BCUT2D eigenvalue weighted by molar-refractivity contribution is 7.13. The number of para-hydroxylation sites is 1. The van der Waals surface area contributed by atoms with E-state index >= 15 is 0 Å². The fraction of sp³-hybridized carbons (Fsp3) is 0.100. The highest BCUT2D eigenvalue weighted by atomic mass is 32.1. The molecule has 0 aliphatic carbocycles. The summed E-state index contributed by atoms with van der Waals surface area (Å²) in [5, 5.41) is 3.57. The standard InChI is InChI=1S/C20H15NO2S/c1-12-7-8-15(13(2)9-12)17-11-24-19(21-17)16-10-14-5-3-4-6-18(14)23-20(16)22/h3-11H,1-2H3. The topological polar surface area (TPSA) is 43.1 Å². The summed E-state index contributed by atoms with van der Waals surface area (Å²) in [6.45, 7) is 4.15. The van der Waals surface area contributed by atoms with Crippen molar-refractivity contribution in [1.29, 1.82) is 0 Å². The molecule has 0 fully saturated rings. The zero-order chi connectivity index (χ0) is 16.7. The lowest BCUT2D eigenvalue weighted by molar-refractivity contribution is 0.563. The average molecular weight is 333 g/mol. The minimum absolute atomic E-state index is 0.352. The lowest BCUT2D eigenvalue weighted by Crippen LogP contribution is -2.02. The van der Waals surface area contributed by atoms with Gasteiger partial charge in [0.05, 0.1) is 11.3 Å². The maximum absolute atomic E-state index is 12.3. The van der Waals surface area contributed by atoms with Crippen LogP contribution in [0.3, 0.4) is 0 Å². The molecule has 0 saturated heterocycles. The Morgan fingerprint density at radius 3 is 2.67 bits per heavy atom. The van der Waals surface area contributed by atoms with E-state index in [9.17, 15) is 4.79 Å². The van der Waals surface area contributed by atoms with Crippen molar-refractivity contribution in [3.8, 4) is 21.8 Å². The first-order chi connectivity index (χ1) is 11.6. The molecule has 4 heteroatoms. The van der Waals surface area contributed by atoms with Gasteiger partial charge in [0.25, 0.3) is 0 Å². The third kappa shape index (κ3) is 2.55. The largest absolute Gasteiger partial charge is 0.422 e.